The van der Waals surface area contributed by atoms with Gasteiger partial charge in [0.2, 0.25) is 0 Å². The zero-order valence-electron chi connectivity index (χ0n) is 11.4. The Morgan fingerprint density at radius 2 is 2.00 bits per heavy atom. The van der Waals surface area contributed by atoms with Gasteiger partial charge in [-0.2, -0.15) is 11.3 Å². The second-order valence-corrected chi connectivity index (χ2v) is 6.36. The fourth-order valence-corrected chi connectivity index (χ4v) is 2.55. The second-order valence-electron chi connectivity index (χ2n) is 5.62. The minimum atomic E-state index is 0.162. The molecule has 0 amide bonds. The minimum absolute atomic E-state index is 0.162. The number of hydrogen-bond acceptors (Lipinski definition) is 3. The average Bonchev–Trinajstić information content (AvgIpc) is 2.72. The summed E-state index contributed by atoms with van der Waals surface area (Å²) in [7, 11) is 0. The first-order valence-corrected chi connectivity index (χ1v) is 7.13. The van der Waals surface area contributed by atoms with Crippen molar-refractivity contribution in [3.05, 3.63) is 45.8 Å². The summed E-state index contributed by atoms with van der Waals surface area (Å²) < 4.78 is 0. The summed E-state index contributed by atoms with van der Waals surface area (Å²) in [6.45, 7) is 9.59. The number of aromatic nitrogens is 1. The maximum absolute atomic E-state index is 4.47. The Balaban J connectivity index is 2.01. The van der Waals surface area contributed by atoms with Crippen LogP contribution in [0.2, 0.25) is 0 Å². The van der Waals surface area contributed by atoms with Gasteiger partial charge in [-0.1, -0.05) is 26.8 Å². The Morgan fingerprint density at radius 1 is 1.22 bits per heavy atom. The van der Waals surface area contributed by atoms with E-state index in [1.807, 2.05) is 6.20 Å². The molecule has 0 spiro atoms. The number of thiophene rings is 1. The summed E-state index contributed by atoms with van der Waals surface area (Å²) in [6.07, 6.45) is 1.96. The highest BCUT2D eigenvalue weighted by molar-refractivity contribution is 7.08. The zero-order chi connectivity index (χ0) is 13.2. The Bertz CT molecular complexity index is 506. The van der Waals surface area contributed by atoms with Crippen LogP contribution in [0.4, 0.5) is 5.82 Å². The molecule has 2 nitrogen and oxygen atoms in total. The third-order valence-electron chi connectivity index (χ3n) is 3.05. The van der Waals surface area contributed by atoms with Crippen LogP contribution in [0.1, 0.15) is 37.5 Å². The van der Waals surface area contributed by atoms with Gasteiger partial charge < -0.3 is 5.32 Å². The first-order chi connectivity index (χ1) is 8.47. The average molecular weight is 260 g/mol. The van der Waals surface area contributed by atoms with Crippen LogP contribution in [0.15, 0.2) is 29.1 Å². The molecule has 18 heavy (non-hydrogen) atoms. The zero-order valence-corrected chi connectivity index (χ0v) is 12.3. The van der Waals surface area contributed by atoms with Crippen LogP contribution < -0.4 is 5.32 Å². The molecule has 2 aromatic heterocycles. The SMILES string of the molecule is Cc1cscc1CNc1ccc(C(C)(C)C)cn1. The van der Waals surface area contributed by atoms with Gasteiger partial charge in [-0.05, 0) is 45.9 Å². The number of nitrogens with one attached hydrogen (secondary N) is 1. The predicted molar refractivity (Wildman–Crippen MR) is 79.3 cm³/mol. The van der Waals surface area contributed by atoms with E-state index in [-0.39, 0.29) is 5.41 Å². The molecule has 0 atom stereocenters. The fourth-order valence-electron chi connectivity index (χ4n) is 1.70. The predicted octanol–water partition coefficient (Wildman–Crippen LogP) is 4.36. The molecule has 0 aromatic carbocycles. The molecule has 2 aromatic rings. The van der Waals surface area contributed by atoms with Crippen molar-refractivity contribution in [3.8, 4) is 0 Å². The van der Waals surface area contributed by atoms with Crippen LogP contribution in [0, 0.1) is 6.92 Å². The minimum Gasteiger partial charge on any atom is -0.366 e. The van der Waals surface area contributed by atoms with Gasteiger partial charge >= 0.3 is 0 Å². The van der Waals surface area contributed by atoms with E-state index in [1.54, 1.807) is 11.3 Å². The van der Waals surface area contributed by atoms with E-state index in [1.165, 1.54) is 16.7 Å². The van der Waals surface area contributed by atoms with Crippen LogP contribution in [0.25, 0.3) is 0 Å². The van der Waals surface area contributed by atoms with E-state index in [0.717, 1.165) is 12.4 Å². The Labute approximate surface area is 113 Å². The Morgan fingerprint density at radius 3 is 2.50 bits per heavy atom. The van der Waals surface area contributed by atoms with Crippen molar-refractivity contribution in [3.63, 3.8) is 0 Å². The molecule has 0 saturated heterocycles. The van der Waals surface area contributed by atoms with E-state index in [0.29, 0.717) is 0 Å². The molecular weight excluding hydrogens is 240 g/mol. The Hall–Kier alpha value is -1.35. The third-order valence-corrected chi connectivity index (χ3v) is 3.96. The van der Waals surface area contributed by atoms with Gasteiger partial charge in [0.15, 0.2) is 0 Å². The van der Waals surface area contributed by atoms with Crippen molar-refractivity contribution < 1.29 is 0 Å². The number of anilines is 1. The lowest BCUT2D eigenvalue weighted by molar-refractivity contribution is 0.587. The van der Waals surface area contributed by atoms with E-state index >= 15 is 0 Å². The van der Waals surface area contributed by atoms with Crippen molar-refractivity contribution in [2.24, 2.45) is 0 Å². The molecule has 1 N–H and O–H groups in total. The van der Waals surface area contributed by atoms with Gasteiger partial charge in [-0.3, -0.25) is 0 Å². The number of rotatable bonds is 3. The van der Waals surface area contributed by atoms with Crippen LogP contribution >= 0.6 is 11.3 Å². The fraction of sp³-hybridized carbons (Fsp3) is 0.400. The summed E-state index contributed by atoms with van der Waals surface area (Å²) in [5.41, 5.74) is 4.12. The van der Waals surface area contributed by atoms with E-state index in [2.05, 4.69) is 60.9 Å². The molecule has 0 saturated carbocycles. The van der Waals surface area contributed by atoms with E-state index < -0.39 is 0 Å². The summed E-state index contributed by atoms with van der Waals surface area (Å²) in [4.78, 5) is 4.47. The molecule has 0 bridgehead atoms. The topological polar surface area (TPSA) is 24.9 Å². The molecule has 0 radical (unpaired) electrons. The quantitative estimate of drug-likeness (QED) is 0.887. The number of aryl methyl sites for hydroxylation is 1. The first kappa shape index (κ1) is 13.1. The Kier molecular flexibility index (Phi) is 3.71. The summed E-state index contributed by atoms with van der Waals surface area (Å²) in [5, 5.41) is 7.72. The van der Waals surface area contributed by atoms with Crippen molar-refractivity contribution in [2.45, 2.75) is 39.7 Å². The van der Waals surface area contributed by atoms with Gasteiger partial charge in [0.05, 0.1) is 0 Å². The second kappa shape index (κ2) is 5.11. The van der Waals surface area contributed by atoms with Gasteiger partial charge in [-0.25, -0.2) is 4.98 Å². The highest BCUT2D eigenvalue weighted by Gasteiger charge is 2.13. The first-order valence-electron chi connectivity index (χ1n) is 6.19. The number of pyridine rings is 1. The largest absolute Gasteiger partial charge is 0.366 e. The third kappa shape index (κ3) is 3.10. The number of nitrogens with zero attached hydrogens (tertiary/aromatic N) is 1. The standard InChI is InChI=1S/C15H20N2S/c1-11-9-18-10-12(11)7-16-14-6-5-13(8-17-14)15(2,3)4/h5-6,8-10H,7H2,1-4H3,(H,16,17). The molecule has 0 aliphatic rings. The number of hydrogen-bond donors (Lipinski definition) is 1. The maximum atomic E-state index is 4.47. The normalized spacial score (nSPS) is 11.6. The van der Waals surface area contributed by atoms with Crippen molar-refractivity contribution in [1.29, 1.82) is 0 Å². The molecular formula is C15H20N2S. The lowest BCUT2D eigenvalue weighted by atomic mass is 9.88. The molecule has 0 aliphatic heterocycles. The van der Waals surface area contributed by atoms with Crippen molar-refractivity contribution in [1.82, 2.24) is 4.98 Å². The summed E-state index contributed by atoms with van der Waals surface area (Å²) >= 11 is 1.75. The van der Waals surface area contributed by atoms with Gasteiger partial charge in [0.1, 0.15) is 5.82 Å². The van der Waals surface area contributed by atoms with Crippen molar-refractivity contribution in [2.75, 3.05) is 5.32 Å². The van der Waals surface area contributed by atoms with Crippen LogP contribution in [-0.4, -0.2) is 4.98 Å². The van der Waals surface area contributed by atoms with Gasteiger partial charge in [0.25, 0.3) is 0 Å². The lowest BCUT2D eigenvalue weighted by Gasteiger charge is -2.18. The molecule has 2 heterocycles. The molecule has 0 unspecified atom stereocenters. The smallest absolute Gasteiger partial charge is 0.126 e. The highest BCUT2D eigenvalue weighted by atomic mass is 32.1. The van der Waals surface area contributed by atoms with Gasteiger partial charge in [-0.15, -0.1) is 0 Å². The van der Waals surface area contributed by atoms with E-state index in [4.69, 9.17) is 0 Å². The molecule has 3 heteroatoms. The lowest BCUT2D eigenvalue weighted by Crippen LogP contribution is -2.11. The van der Waals surface area contributed by atoms with E-state index in [9.17, 15) is 0 Å². The molecule has 0 fully saturated rings. The molecule has 2 rings (SSSR count). The van der Waals surface area contributed by atoms with Crippen LogP contribution in [-0.2, 0) is 12.0 Å². The van der Waals surface area contributed by atoms with Crippen molar-refractivity contribution >= 4 is 17.2 Å². The highest BCUT2D eigenvalue weighted by Crippen LogP contribution is 2.22. The molecule has 96 valence electrons. The monoisotopic (exact) mass is 260 g/mol. The summed E-state index contributed by atoms with van der Waals surface area (Å²) in [6, 6.07) is 4.21. The van der Waals surface area contributed by atoms with Gasteiger partial charge in [0, 0.05) is 12.7 Å². The van der Waals surface area contributed by atoms with Crippen LogP contribution in [0.3, 0.4) is 0 Å². The summed E-state index contributed by atoms with van der Waals surface area (Å²) in [5.74, 6) is 0.939. The molecule has 0 aliphatic carbocycles. The maximum Gasteiger partial charge on any atom is 0.126 e. The van der Waals surface area contributed by atoms with Crippen LogP contribution in [0.5, 0.6) is 0 Å².